The number of alkyl carbamates (subject to hydrolysis) is 1. The monoisotopic (exact) mass is 392 g/mol. The second-order valence-corrected chi connectivity index (χ2v) is 7.98. The Morgan fingerprint density at radius 3 is 2.39 bits per heavy atom. The van der Waals surface area contributed by atoms with Gasteiger partial charge in [0.1, 0.15) is 11.5 Å². The molecule has 0 bridgehead atoms. The zero-order chi connectivity index (χ0) is 21.3. The van der Waals surface area contributed by atoms with Crippen molar-refractivity contribution in [1.29, 1.82) is 0 Å². The van der Waals surface area contributed by atoms with Crippen LogP contribution in [0.2, 0.25) is 0 Å². The van der Waals surface area contributed by atoms with E-state index in [1.165, 1.54) is 0 Å². The van der Waals surface area contributed by atoms with Gasteiger partial charge in [0.15, 0.2) is 0 Å². The summed E-state index contributed by atoms with van der Waals surface area (Å²) >= 11 is 0. The van der Waals surface area contributed by atoms with Gasteiger partial charge in [0.05, 0.1) is 6.61 Å². The van der Waals surface area contributed by atoms with E-state index in [0.717, 1.165) is 5.56 Å². The molecule has 1 unspecified atom stereocenters. The maximum absolute atomic E-state index is 12.6. The van der Waals surface area contributed by atoms with E-state index in [-0.39, 0.29) is 19.1 Å². The predicted molar refractivity (Wildman–Crippen MR) is 108 cm³/mol. The van der Waals surface area contributed by atoms with Crippen LogP contribution < -0.4 is 10.6 Å². The molecule has 0 aliphatic heterocycles. The lowest BCUT2D eigenvalue weighted by Crippen LogP contribution is -2.32. The number of carbonyl (C=O) groups excluding carboxylic acids is 3. The number of esters is 1. The third kappa shape index (κ3) is 8.88. The fourth-order valence-electron chi connectivity index (χ4n) is 2.50. The molecule has 0 aromatic heterocycles. The molecule has 28 heavy (non-hydrogen) atoms. The molecule has 0 saturated heterocycles. The lowest BCUT2D eigenvalue weighted by atomic mass is 9.96. The highest BCUT2D eigenvalue weighted by Gasteiger charge is 2.29. The zero-order valence-electron chi connectivity index (χ0n) is 17.6. The summed E-state index contributed by atoms with van der Waals surface area (Å²) in [5.41, 5.74) is 0.769. The number of carbonyl (C=O) groups is 3. The van der Waals surface area contributed by atoms with Crippen LogP contribution in [0.25, 0.3) is 0 Å². The van der Waals surface area contributed by atoms with E-state index in [2.05, 4.69) is 10.6 Å². The summed E-state index contributed by atoms with van der Waals surface area (Å²) in [6.07, 6.45) is -0.105. The maximum atomic E-state index is 12.6. The van der Waals surface area contributed by atoms with Crippen LogP contribution in [0.5, 0.6) is 0 Å². The molecule has 0 aliphatic rings. The summed E-state index contributed by atoms with van der Waals surface area (Å²) in [6.45, 7) is 11.5. The number of benzene rings is 1. The van der Waals surface area contributed by atoms with Crippen LogP contribution in [0, 0.1) is 11.8 Å². The van der Waals surface area contributed by atoms with Crippen molar-refractivity contribution in [3.63, 3.8) is 0 Å². The lowest BCUT2D eigenvalue weighted by Gasteiger charge is -2.20. The Bertz CT molecular complexity index is 680. The van der Waals surface area contributed by atoms with E-state index in [4.69, 9.17) is 9.47 Å². The Balaban J connectivity index is 2.75. The average molecular weight is 392 g/mol. The highest BCUT2D eigenvalue weighted by molar-refractivity contribution is 6.04. The van der Waals surface area contributed by atoms with Gasteiger partial charge in [-0.25, -0.2) is 4.79 Å². The molecule has 7 nitrogen and oxygen atoms in total. The van der Waals surface area contributed by atoms with Crippen LogP contribution in [0.15, 0.2) is 24.3 Å². The highest BCUT2D eigenvalue weighted by Crippen LogP contribution is 2.18. The number of anilines is 1. The minimum atomic E-state index is -0.858. The van der Waals surface area contributed by atoms with Crippen LogP contribution in [0.4, 0.5) is 10.5 Å². The number of nitrogens with one attached hydrogen (secondary N) is 2. The molecule has 2 amide bonds. The summed E-state index contributed by atoms with van der Waals surface area (Å²) in [5, 5.41) is 5.44. The van der Waals surface area contributed by atoms with Crippen molar-refractivity contribution in [2.24, 2.45) is 11.8 Å². The second kappa shape index (κ2) is 10.7. The van der Waals surface area contributed by atoms with Gasteiger partial charge >= 0.3 is 12.1 Å². The van der Waals surface area contributed by atoms with Gasteiger partial charge in [-0.3, -0.25) is 9.59 Å². The van der Waals surface area contributed by atoms with Crippen molar-refractivity contribution in [2.75, 3.05) is 11.9 Å². The molecule has 7 heteroatoms. The van der Waals surface area contributed by atoms with Gasteiger partial charge in [0, 0.05) is 12.2 Å². The first kappa shape index (κ1) is 23.5. The quantitative estimate of drug-likeness (QED) is 0.517. The Morgan fingerprint density at radius 1 is 1.14 bits per heavy atom. The van der Waals surface area contributed by atoms with Crippen molar-refractivity contribution in [2.45, 2.75) is 60.1 Å². The fraction of sp³-hybridized carbons (Fsp3) is 0.571. The molecular formula is C21H32N2O5. The Labute approximate surface area is 167 Å². The smallest absolute Gasteiger partial charge is 0.407 e. The topological polar surface area (TPSA) is 93.7 Å². The molecule has 0 radical (unpaired) electrons. The second-order valence-electron chi connectivity index (χ2n) is 7.98. The van der Waals surface area contributed by atoms with E-state index < -0.39 is 29.5 Å². The Hall–Kier alpha value is -2.57. The minimum Gasteiger partial charge on any atom is -0.465 e. The molecule has 2 N–H and O–H groups in total. The molecule has 1 atom stereocenters. The summed E-state index contributed by atoms with van der Waals surface area (Å²) in [6, 6.07) is 7.06. The predicted octanol–water partition coefficient (Wildman–Crippen LogP) is 3.88. The first-order valence-corrected chi connectivity index (χ1v) is 9.55. The first-order chi connectivity index (χ1) is 13.0. The SMILES string of the molecule is CCOC(=O)C(CC(C)C)C(=O)Nc1cccc(CNC(=O)OC(C)(C)C)c1. The standard InChI is InChI=1S/C21H32N2O5/c1-7-27-19(25)17(11-14(2)3)18(24)23-16-10-8-9-15(12-16)13-22-20(26)28-21(4,5)6/h8-10,12,14,17H,7,11,13H2,1-6H3,(H,22,26)(H,23,24). The molecule has 0 spiro atoms. The van der Waals surface area contributed by atoms with Crippen molar-refractivity contribution in [3.05, 3.63) is 29.8 Å². The number of ether oxygens (including phenoxy) is 2. The van der Waals surface area contributed by atoms with Gasteiger partial charge in [0.2, 0.25) is 5.91 Å². The van der Waals surface area contributed by atoms with Crippen LogP contribution in [0.3, 0.4) is 0 Å². The molecule has 1 aromatic carbocycles. The van der Waals surface area contributed by atoms with Gasteiger partial charge < -0.3 is 20.1 Å². The van der Waals surface area contributed by atoms with Gasteiger partial charge in [-0.2, -0.15) is 0 Å². The van der Waals surface area contributed by atoms with Crippen molar-refractivity contribution in [3.8, 4) is 0 Å². The van der Waals surface area contributed by atoms with Crippen LogP contribution >= 0.6 is 0 Å². The summed E-state index contributed by atoms with van der Waals surface area (Å²) in [4.78, 5) is 36.5. The molecule has 0 saturated carbocycles. The molecular weight excluding hydrogens is 360 g/mol. The van der Waals surface area contributed by atoms with Gasteiger partial charge in [0.25, 0.3) is 0 Å². The normalized spacial score (nSPS) is 12.2. The third-order valence-corrected chi connectivity index (χ3v) is 3.62. The van der Waals surface area contributed by atoms with E-state index in [1.54, 1.807) is 45.9 Å². The Kier molecular flexibility index (Phi) is 8.96. The number of amides is 2. The largest absolute Gasteiger partial charge is 0.465 e. The molecule has 1 aromatic rings. The molecule has 156 valence electrons. The summed E-state index contributed by atoms with van der Waals surface area (Å²) < 4.78 is 10.2. The van der Waals surface area contributed by atoms with Gasteiger partial charge in [-0.15, -0.1) is 0 Å². The van der Waals surface area contributed by atoms with E-state index in [9.17, 15) is 14.4 Å². The van der Waals surface area contributed by atoms with E-state index in [1.807, 2.05) is 19.9 Å². The number of rotatable bonds is 8. The van der Waals surface area contributed by atoms with Gasteiger partial charge in [-0.05, 0) is 57.7 Å². The van der Waals surface area contributed by atoms with Crippen LogP contribution in [-0.2, 0) is 25.6 Å². The van der Waals surface area contributed by atoms with Crippen LogP contribution in [-0.4, -0.2) is 30.2 Å². The van der Waals surface area contributed by atoms with Crippen molar-refractivity contribution < 1.29 is 23.9 Å². The first-order valence-electron chi connectivity index (χ1n) is 9.55. The lowest BCUT2D eigenvalue weighted by molar-refractivity contribution is -0.151. The maximum Gasteiger partial charge on any atom is 0.407 e. The fourth-order valence-corrected chi connectivity index (χ4v) is 2.50. The molecule has 1 rings (SSSR count). The molecule has 0 aliphatic carbocycles. The number of hydrogen-bond acceptors (Lipinski definition) is 5. The third-order valence-electron chi connectivity index (χ3n) is 3.62. The minimum absolute atomic E-state index is 0.171. The van der Waals surface area contributed by atoms with Crippen molar-refractivity contribution >= 4 is 23.7 Å². The highest BCUT2D eigenvalue weighted by atomic mass is 16.6. The van der Waals surface area contributed by atoms with E-state index in [0.29, 0.717) is 12.1 Å². The van der Waals surface area contributed by atoms with Gasteiger partial charge in [-0.1, -0.05) is 26.0 Å². The summed E-state index contributed by atoms with van der Waals surface area (Å²) in [5.74, 6) is -1.60. The Morgan fingerprint density at radius 2 is 1.82 bits per heavy atom. The number of hydrogen-bond donors (Lipinski definition) is 2. The summed E-state index contributed by atoms with van der Waals surface area (Å²) in [7, 11) is 0. The van der Waals surface area contributed by atoms with Crippen LogP contribution in [0.1, 0.15) is 53.5 Å². The average Bonchev–Trinajstić information content (AvgIpc) is 2.56. The molecule has 0 fully saturated rings. The zero-order valence-corrected chi connectivity index (χ0v) is 17.6. The van der Waals surface area contributed by atoms with E-state index >= 15 is 0 Å². The molecule has 0 heterocycles. The van der Waals surface area contributed by atoms with Crippen molar-refractivity contribution in [1.82, 2.24) is 5.32 Å².